The van der Waals surface area contributed by atoms with Crippen molar-refractivity contribution in [2.75, 3.05) is 57.7 Å². The second-order valence-electron chi connectivity index (χ2n) is 12.4. The SMILES string of the molecule is CCN(CCC[N+](C)(C)Cc1ccccc1)c1cc(C=C2Sc3ccccc3N2C)c2ccc(OC)cc2[n+]1-c1ccccc1.[Br-].[I-]. The van der Waals surface area contributed by atoms with Crippen LogP contribution in [0.2, 0.25) is 0 Å². The van der Waals surface area contributed by atoms with Crippen LogP contribution in [0.15, 0.2) is 119 Å². The molecule has 5 aromatic rings. The summed E-state index contributed by atoms with van der Waals surface area (Å²) in [6.07, 6.45) is 3.44. The fourth-order valence-electron chi connectivity index (χ4n) is 6.33. The van der Waals surface area contributed by atoms with E-state index >= 15 is 0 Å². The first-order valence-corrected chi connectivity index (χ1v) is 16.6. The highest BCUT2D eigenvalue weighted by Crippen LogP contribution is 2.46. The summed E-state index contributed by atoms with van der Waals surface area (Å²) < 4.78 is 9.13. The molecule has 4 aromatic carbocycles. The lowest BCUT2D eigenvalue weighted by atomic mass is 10.1. The highest BCUT2D eigenvalue weighted by atomic mass is 127. The van der Waals surface area contributed by atoms with E-state index in [1.165, 1.54) is 37.9 Å². The van der Waals surface area contributed by atoms with Gasteiger partial charge in [-0.2, -0.15) is 4.57 Å². The smallest absolute Gasteiger partial charge is 0.282 e. The van der Waals surface area contributed by atoms with E-state index in [4.69, 9.17) is 4.74 Å². The number of hydrogen-bond acceptors (Lipinski definition) is 4. The van der Waals surface area contributed by atoms with Crippen LogP contribution in [0.25, 0.3) is 22.7 Å². The zero-order valence-corrected chi connectivity index (χ0v) is 32.4. The maximum Gasteiger partial charge on any atom is 0.282 e. The molecule has 0 amide bonds. The van der Waals surface area contributed by atoms with Crippen LogP contribution in [0.5, 0.6) is 5.75 Å². The minimum atomic E-state index is 0. The minimum Gasteiger partial charge on any atom is -1.00 e. The third-order valence-electron chi connectivity index (χ3n) is 8.69. The molecule has 0 N–H and O–H groups in total. The first kappa shape index (κ1) is 36.8. The van der Waals surface area contributed by atoms with Gasteiger partial charge in [-0.15, -0.1) is 0 Å². The Morgan fingerprint density at radius 3 is 2.26 bits per heavy atom. The summed E-state index contributed by atoms with van der Waals surface area (Å²) in [6, 6.07) is 39.0. The topological polar surface area (TPSA) is 19.6 Å². The van der Waals surface area contributed by atoms with Crippen LogP contribution >= 0.6 is 11.8 Å². The van der Waals surface area contributed by atoms with Gasteiger partial charge in [0.1, 0.15) is 23.5 Å². The molecule has 6 rings (SSSR count). The van der Waals surface area contributed by atoms with Gasteiger partial charge in [0.25, 0.3) is 5.82 Å². The second-order valence-corrected chi connectivity index (χ2v) is 13.4. The van der Waals surface area contributed by atoms with Crippen molar-refractivity contribution < 1.29 is 54.7 Å². The predicted molar refractivity (Wildman–Crippen MR) is 190 cm³/mol. The van der Waals surface area contributed by atoms with Crippen LogP contribution in [0, 0.1) is 0 Å². The molecule has 0 bridgehead atoms. The van der Waals surface area contributed by atoms with Crippen molar-refractivity contribution in [3.8, 4) is 11.4 Å². The minimum absolute atomic E-state index is 0. The molecule has 1 aliphatic rings. The first-order valence-electron chi connectivity index (χ1n) is 15.8. The molecular formula is C39H44BrIN4OS. The number of quaternary nitrogens is 1. The average Bonchev–Trinajstić information content (AvgIpc) is 3.37. The maximum absolute atomic E-state index is 5.77. The molecule has 2 heterocycles. The summed E-state index contributed by atoms with van der Waals surface area (Å²) in [4.78, 5) is 6.13. The molecule has 0 radical (unpaired) electrons. The number of methoxy groups -OCH3 is 1. The van der Waals surface area contributed by atoms with Gasteiger partial charge in [-0.05, 0) is 55.0 Å². The van der Waals surface area contributed by atoms with Crippen LogP contribution in [0.1, 0.15) is 24.5 Å². The summed E-state index contributed by atoms with van der Waals surface area (Å²) in [5, 5.41) is 2.41. The van der Waals surface area contributed by atoms with Gasteiger partial charge < -0.3 is 55.1 Å². The van der Waals surface area contributed by atoms with Gasteiger partial charge in [0, 0.05) is 41.4 Å². The van der Waals surface area contributed by atoms with Crippen LogP contribution in [-0.2, 0) is 6.54 Å². The third kappa shape index (κ3) is 8.34. The van der Waals surface area contributed by atoms with Crippen LogP contribution in [0.3, 0.4) is 0 Å². The van der Waals surface area contributed by atoms with Crippen LogP contribution in [-0.4, -0.2) is 52.4 Å². The number of pyridine rings is 1. The number of halogens is 2. The van der Waals surface area contributed by atoms with E-state index in [0.717, 1.165) is 54.0 Å². The summed E-state index contributed by atoms with van der Waals surface area (Å²) in [5.74, 6) is 2.04. The Bertz CT molecular complexity index is 1820. The largest absolute Gasteiger partial charge is 1.00 e. The fourth-order valence-corrected chi connectivity index (χ4v) is 7.44. The quantitative estimate of drug-likeness (QED) is 0.116. The second kappa shape index (κ2) is 16.4. The van der Waals surface area contributed by atoms with Gasteiger partial charge in [-0.1, -0.05) is 72.4 Å². The summed E-state index contributed by atoms with van der Waals surface area (Å²) in [5.41, 5.74) is 6.11. The van der Waals surface area contributed by atoms with Gasteiger partial charge in [0.15, 0.2) is 0 Å². The lowest BCUT2D eigenvalue weighted by molar-refractivity contribution is -0.903. The number of aromatic nitrogens is 1. The average molecular weight is 824 g/mol. The number of thioether (sulfide) groups is 1. The van der Waals surface area contributed by atoms with Gasteiger partial charge in [-0.3, -0.25) is 4.90 Å². The number of ether oxygens (including phenoxy) is 1. The van der Waals surface area contributed by atoms with Crippen molar-refractivity contribution in [3.05, 3.63) is 125 Å². The Hall–Kier alpha value is -3.05. The van der Waals surface area contributed by atoms with Gasteiger partial charge in [-0.25, -0.2) is 0 Å². The number of para-hydroxylation sites is 2. The molecule has 0 saturated heterocycles. The molecule has 5 nitrogen and oxygen atoms in total. The van der Waals surface area contributed by atoms with E-state index in [2.05, 4.69) is 158 Å². The Morgan fingerprint density at radius 1 is 0.894 bits per heavy atom. The van der Waals surface area contributed by atoms with E-state index in [1.54, 1.807) is 7.11 Å². The molecule has 0 spiro atoms. The highest BCUT2D eigenvalue weighted by molar-refractivity contribution is 8.03. The Kier molecular flexibility index (Phi) is 12.8. The molecule has 246 valence electrons. The van der Waals surface area contributed by atoms with Crippen LogP contribution < -0.4 is 60.1 Å². The number of fused-ring (bicyclic) bond motifs is 2. The number of nitrogens with zero attached hydrogens (tertiary/aromatic N) is 4. The lowest BCUT2D eigenvalue weighted by Gasteiger charge is -2.30. The molecular weight excluding hydrogens is 779 g/mol. The van der Waals surface area contributed by atoms with Crippen molar-refractivity contribution in [1.29, 1.82) is 0 Å². The van der Waals surface area contributed by atoms with Crippen molar-refractivity contribution >= 4 is 40.2 Å². The Balaban J connectivity index is 0.00000250. The molecule has 0 atom stereocenters. The molecule has 0 aliphatic carbocycles. The van der Waals surface area contributed by atoms with Crippen molar-refractivity contribution in [2.45, 2.75) is 24.8 Å². The summed E-state index contributed by atoms with van der Waals surface area (Å²) in [7, 11) is 8.59. The third-order valence-corrected chi connectivity index (χ3v) is 9.85. The van der Waals surface area contributed by atoms with E-state index in [1.807, 2.05) is 11.8 Å². The van der Waals surface area contributed by atoms with Crippen molar-refractivity contribution in [2.24, 2.45) is 0 Å². The van der Waals surface area contributed by atoms with E-state index < -0.39 is 0 Å². The molecule has 8 heteroatoms. The van der Waals surface area contributed by atoms with E-state index in [-0.39, 0.29) is 41.0 Å². The fraction of sp³-hybridized carbons (Fsp3) is 0.256. The molecule has 1 aliphatic heterocycles. The highest BCUT2D eigenvalue weighted by Gasteiger charge is 2.27. The summed E-state index contributed by atoms with van der Waals surface area (Å²) in [6.45, 7) is 6.26. The lowest BCUT2D eigenvalue weighted by Crippen LogP contribution is -3.00. The number of hydrogen-bond donors (Lipinski definition) is 0. The number of rotatable bonds is 11. The van der Waals surface area contributed by atoms with Crippen LogP contribution in [0.4, 0.5) is 11.5 Å². The van der Waals surface area contributed by atoms with E-state index in [0.29, 0.717) is 0 Å². The number of anilines is 2. The molecule has 0 unspecified atom stereocenters. The first-order chi connectivity index (χ1) is 21.9. The molecule has 0 saturated carbocycles. The standard InChI is InChI=1S/C39H44N4OS.BrH.HI/c1-6-41(24-15-25-43(3,4)29-30-16-9-7-10-17-30)38-26-31(27-39-40(2)35-20-13-14-21-37(35)45-39)34-23-22-33(44-5)28-36(34)42(38)32-18-11-8-12-19-32;;/h7-14,16-23,26-28H,6,15,24-25,29H2,1-5H3;2*1H/q+2;;/p-2. The van der Waals surface area contributed by atoms with E-state index in [9.17, 15) is 0 Å². The normalized spacial score (nSPS) is 13.2. The number of benzene rings is 4. The molecule has 47 heavy (non-hydrogen) atoms. The zero-order valence-electron chi connectivity index (χ0n) is 27.9. The van der Waals surface area contributed by atoms with Crippen molar-refractivity contribution in [3.63, 3.8) is 0 Å². The van der Waals surface area contributed by atoms with Gasteiger partial charge >= 0.3 is 0 Å². The Labute approximate surface area is 312 Å². The van der Waals surface area contributed by atoms with Crippen molar-refractivity contribution in [1.82, 2.24) is 0 Å². The van der Waals surface area contributed by atoms with Gasteiger partial charge in [0.2, 0.25) is 0 Å². The molecule has 0 fully saturated rings. The zero-order chi connectivity index (χ0) is 31.4. The summed E-state index contributed by atoms with van der Waals surface area (Å²) >= 11 is 1.83. The van der Waals surface area contributed by atoms with Gasteiger partial charge in [0.05, 0.1) is 51.6 Å². The maximum atomic E-state index is 5.77. The monoisotopic (exact) mass is 822 g/mol. The molecule has 1 aromatic heterocycles. The predicted octanol–water partition coefficient (Wildman–Crippen LogP) is 2.17. The Morgan fingerprint density at radius 2 is 1.57 bits per heavy atom.